The first-order chi connectivity index (χ1) is 7.13. The number of halogens is 1. The van der Waals surface area contributed by atoms with Crippen molar-refractivity contribution in [3.05, 3.63) is 29.6 Å². The molecule has 0 unspecified atom stereocenters. The molecule has 0 radical (unpaired) electrons. The Balaban J connectivity index is 2.63. The zero-order chi connectivity index (χ0) is 11.3. The number of nitrogens with zero attached hydrogens (tertiary/aromatic N) is 1. The average molecular weight is 211 g/mol. The van der Waals surface area contributed by atoms with Crippen molar-refractivity contribution in [3.63, 3.8) is 0 Å². The van der Waals surface area contributed by atoms with Gasteiger partial charge < -0.3 is 16.2 Å². The summed E-state index contributed by atoms with van der Waals surface area (Å²) in [6.07, 6.45) is 0.596. The van der Waals surface area contributed by atoms with Crippen LogP contribution in [0, 0.1) is 5.82 Å². The van der Waals surface area contributed by atoms with Crippen LogP contribution in [0.15, 0.2) is 23.2 Å². The van der Waals surface area contributed by atoms with Gasteiger partial charge in [0.05, 0.1) is 7.11 Å². The van der Waals surface area contributed by atoms with Crippen LogP contribution in [-0.2, 0) is 6.42 Å². The standard InChI is InChI=1S/C10H14FN3O/c1-15-9-3-2-7(6-8(9)11)4-5-14-10(12)13/h2-3,6H,4-5H2,1H3,(H4,12,13,14). The van der Waals surface area contributed by atoms with Crippen molar-refractivity contribution in [1.82, 2.24) is 0 Å². The molecular weight excluding hydrogens is 197 g/mol. The molecule has 0 saturated heterocycles. The molecule has 82 valence electrons. The van der Waals surface area contributed by atoms with Crippen LogP contribution in [0.2, 0.25) is 0 Å². The van der Waals surface area contributed by atoms with Gasteiger partial charge in [0, 0.05) is 6.54 Å². The molecule has 1 rings (SSSR count). The van der Waals surface area contributed by atoms with Crippen LogP contribution in [0.4, 0.5) is 4.39 Å². The number of nitrogens with two attached hydrogens (primary N) is 2. The molecule has 1 aromatic rings. The highest BCUT2D eigenvalue weighted by atomic mass is 19.1. The SMILES string of the molecule is COc1ccc(CCN=C(N)N)cc1F. The van der Waals surface area contributed by atoms with Crippen LogP contribution in [0.3, 0.4) is 0 Å². The summed E-state index contributed by atoms with van der Waals surface area (Å²) in [6, 6.07) is 4.78. The zero-order valence-electron chi connectivity index (χ0n) is 8.53. The first kappa shape index (κ1) is 11.3. The van der Waals surface area contributed by atoms with E-state index in [0.29, 0.717) is 13.0 Å². The second-order valence-electron chi connectivity index (χ2n) is 3.03. The Bertz CT molecular complexity index is 362. The molecule has 0 heterocycles. The third-order valence-corrected chi connectivity index (χ3v) is 1.91. The molecule has 0 aliphatic rings. The second kappa shape index (κ2) is 5.19. The van der Waals surface area contributed by atoms with Gasteiger partial charge >= 0.3 is 0 Å². The summed E-state index contributed by atoms with van der Waals surface area (Å²) in [5.74, 6) is -0.0933. The van der Waals surface area contributed by atoms with E-state index in [9.17, 15) is 4.39 Å². The molecule has 5 heteroatoms. The summed E-state index contributed by atoms with van der Waals surface area (Å²) in [6.45, 7) is 0.452. The Hall–Kier alpha value is -1.78. The highest BCUT2D eigenvalue weighted by Crippen LogP contribution is 2.17. The van der Waals surface area contributed by atoms with Gasteiger partial charge in [-0.05, 0) is 24.1 Å². The third-order valence-electron chi connectivity index (χ3n) is 1.91. The van der Waals surface area contributed by atoms with Crippen LogP contribution < -0.4 is 16.2 Å². The molecule has 1 aromatic carbocycles. The largest absolute Gasteiger partial charge is 0.494 e. The van der Waals surface area contributed by atoms with E-state index >= 15 is 0 Å². The minimum absolute atomic E-state index is 0.0454. The van der Waals surface area contributed by atoms with Crippen LogP contribution >= 0.6 is 0 Å². The summed E-state index contributed by atoms with van der Waals surface area (Å²) >= 11 is 0. The number of methoxy groups -OCH3 is 1. The van der Waals surface area contributed by atoms with Gasteiger partial charge in [-0.3, -0.25) is 4.99 Å². The van der Waals surface area contributed by atoms with E-state index in [1.807, 2.05) is 0 Å². The summed E-state index contributed by atoms with van der Waals surface area (Å²) < 4.78 is 18.0. The molecule has 0 aliphatic carbocycles. The fourth-order valence-corrected chi connectivity index (χ4v) is 1.18. The topological polar surface area (TPSA) is 73.6 Å². The summed E-state index contributed by atoms with van der Waals surface area (Å²) in [4.78, 5) is 3.81. The Kier molecular flexibility index (Phi) is 3.91. The number of guanidine groups is 1. The highest BCUT2D eigenvalue weighted by molar-refractivity contribution is 5.75. The first-order valence-electron chi connectivity index (χ1n) is 4.51. The maximum absolute atomic E-state index is 13.2. The molecule has 0 aliphatic heterocycles. The molecule has 4 N–H and O–H groups in total. The molecule has 0 spiro atoms. The van der Waals surface area contributed by atoms with Gasteiger partial charge in [-0.2, -0.15) is 0 Å². The van der Waals surface area contributed by atoms with Crippen molar-refractivity contribution in [3.8, 4) is 5.75 Å². The lowest BCUT2D eigenvalue weighted by atomic mass is 10.1. The normalized spacial score (nSPS) is 9.73. The predicted molar refractivity (Wildman–Crippen MR) is 57.3 cm³/mol. The summed E-state index contributed by atoms with van der Waals surface area (Å²) in [7, 11) is 1.43. The van der Waals surface area contributed by atoms with Crippen LogP contribution in [0.25, 0.3) is 0 Å². The Labute approximate surface area is 87.7 Å². The molecular formula is C10H14FN3O. The van der Waals surface area contributed by atoms with Crippen molar-refractivity contribution < 1.29 is 9.13 Å². The smallest absolute Gasteiger partial charge is 0.185 e. The van der Waals surface area contributed by atoms with Crippen molar-refractivity contribution in [2.24, 2.45) is 16.5 Å². The van der Waals surface area contributed by atoms with E-state index < -0.39 is 0 Å². The lowest BCUT2D eigenvalue weighted by Crippen LogP contribution is -2.23. The number of hydrogen-bond donors (Lipinski definition) is 2. The van der Waals surface area contributed by atoms with Crippen molar-refractivity contribution in [2.45, 2.75) is 6.42 Å². The maximum Gasteiger partial charge on any atom is 0.185 e. The van der Waals surface area contributed by atoms with Gasteiger partial charge in [0.25, 0.3) is 0 Å². The number of benzene rings is 1. The quantitative estimate of drug-likeness (QED) is 0.567. The lowest BCUT2D eigenvalue weighted by Gasteiger charge is -2.03. The molecule has 0 fully saturated rings. The molecule has 0 aromatic heterocycles. The van der Waals surface area contributed by atoms with E-state index in [2.05, 4.69) is 4.99 Å². The van der Waals surface area contributed by atoms with E-state index in [1.165, 1.54) is 13.2 Å². The van der Waals surface area contributed by atoms with Crippen molar-refractivity contribution in [2.75, 3.05) is 13.7 Å². The maximum atomic E-state index is 13.2. The van der Waals surface area contributed by atoms with Crippen LogP contribution in [-0.4, -0.2) is 19.6 Å². The fourth-order valence-electron chi connectivity index (χ4n) is 1.18. The van der Waals surface area contributed by atoms with E-state index in [-0.39, 0.29) is 17.5 Å². The minimum Gasteiger partial charge on any atom is -0.494 e. The van der Waals surface area contributed by atoms with Crippen LogP contribution in [0.1, 0.15) is 5.56 Å². The van der Waals surface area contributed by atoms with Crippen LogP contribution in [0.5, 0.6) is 5.75 Å². The third kappa shape index (κ3) is 3.46. The molecule has 15 heavy (non-hydrogen) atoms. The molecule has 0 saturated carbocycles. The van der Waals surface area contributed by atoms with E-state index in [4.69, 9.17) is 16.2 Å². The number of ether oxygens (including phenoxy) is 1. The van der Waals surface area contributed by atoms with Gasteiger partial charge in [0.1, 0.15) is 0 Å². The summed E-state index contributed by atoms with van der Waals surface area (Å²) in [5.41, 5.74) is 11.2. The fraction of sp³-hybridized carbons (Fsp3) is 0.300. The lowest BCUT2D eigenvalue weighted by molar-refractivity contribution is 0.386. The average Bonchev–Trinajstić information content (AvgIpc) is 2.17. The number of aliphatic imine (C=N–C) groups is 1. The predicted octanol–water partition coefficient (Wildman–Crippen LogP) is 0.650. The second-order valence-corrected chi connectivity index (χ2v) is 3.03. The van der Waals surface area contributed by atoms with Gasteiger partial charge in [-0.1, -0.05) is 6.07 Å². The van der Waals surface area contributed by atoms with Gasteiger partial charge in [0.15, 0.2) is 17.5 Å². The Morgan fingerprint density at radius 3 is 2.73 bits per heavy atom. The molecule has 0 bridgehead atoms. The van der Waals surface area contributed by atoms with Gasteiger partial charge in [-0.25, -0.2) is 4.39 Å². The van der Waals surface area contributed by atoms with Crippen molar-refractivity contribution >= 4 is 5.96 Å². The van der Waals surface area contributed by atoms with Gasteiger partial charge in [0.2, 0.25) is 0 Å². The Morgan fingerprint density at radius 2 is 2.20 bits per heavy atom. The molecule has 0 amide bonds. The number of rotatable bonds is 4. The van der Waals surface area contributed by atoms with E-state index in [0.717, 1.165) is 5.56 Å². The minimum atomic E-state index is -0.375. The molecule has 0 atom stereocenters. The monoisotopic (exact) mass is 211 g/mol. The highest BCUT2D eigenvalue weighted by Gasteiger charge is 2.02. The molecule has 4 nitrogen and oxygen atoms in total. The summed E-state index contributed by atoms with van der Waals surface area (Å²) in [5, 5.41) is 0. The first-order valence-corrected chi connectivity index (χ1v) is 4.51. The number of hydrogen-bond acceptors (Lipinski definition) is 2. The van der Waals surface area contributed by atoms with Gasteiger partial charge in [-0.15, -0.1) is 0 Å². The zero-order valence-corrected chi connectivity index (χ0v) is 8.53. The van der Waals surface area contributed by atoms with Crippen molar-refractivity contribution in [1.29, 1.82) is 0 Å². The van der Waals surface area contributed by atoms with E-state index in [1.54, 1.807) is 12.1 Å². The Morgan fingerprint density at radius 1 is 1.47 bits per heavy atom.